The summed E-state index contributed by atoms with van der Waals surface area (Å²) >= 11 is 0. The van der Waals surface area contributed by atoms with Gasteiger partial charge in [-0.25, -0.2) is 9.59 Å². The van der Waals surface area contributed by atoms with Gasteiger partial charge in [0.2, 0.25) is 11.2 Å². The highest BCUT2D eigenvalue weighted by Gasteiger charge is 2.30. The summed E-state index contributed by atoms with van der Waals surface area (Å²) in [5.74, 6) is -1.89. The molecule has 0 unspecified atom stereocenters. The van der Waals surface area contributed by atoms with Gasteiger partial charge in [0.25, 0.3) is 5.69 Å². The molecule has 1 heterocycles. The number of benzene rings is 2. The fourth-order valence-corrected chi connectivity index (χ4v) is 3.37. The maximum atomic E-state index is 12.9. The molecule has 2 aromatic carbocycles. The second-order valence-electron chi connectivity index (χ2n) is 9.53. The van der Waals surface area contributed by atoms with Crippen LogP contribution in [0.5, 0.6) is 23.0 Å². The average Bonchev–Trinajstić information content (AvgIpc) is 2.82. The fourth-order valence-electron chi connectivity index (χ4n) is 3.37. The van der Waals surface area contributed by atoms with Gasteiger partial charge in [0.1, 0.15) is 46.1 Å². The number of esters is 1. The minimum Gasteiger partial charge on any atom is -0.507 e. The predicted molar refractivity (Wildman–Crippen MR) is 136 cm³/mol. The zero-order valence-corrected chi connectivity index (χ0v) is 21.5. The summed E-state index contributed by atoms with van der Waals surface area (Å²) in [5.41, 5.74) is -1.73. The van der Waals surface area contributed by atoms with Crippen molar-refractivity contribution in [2.45, 2.75) is 52.7 Å². The third-order valence-corrected chi connectivity index (χ3v) is 5.43. The van der Waals surface area contributed by atoms with Crippen molar-refractivity contribution in [3.8, 4) is 23.0 Å². The summed E-state index contributed by atoms with van der Waals surface area (Å²) < 4.78 is 21.5. The van der Waals surface area contributed by atoms with Gasteiger partial charge in [0.15, 0.2) is 0 Å². The standard InChI is InChI=1S/C26H28N2O10/c1-6-14(2)22(27-25(32)38-26(3,4)5)24(31)37-17-11-18(29)21-19(12-17)35-13-20(23(21)30)36-16-9-7-15(8-10-16)28(33)34/h7-14,22,29H,6H2,1-5H3,(H,27,32)/t14-,22-/m1/s1. The Hall–Kier alpha value is -4.61. The smallest absolute Gasteiger partial charge is 0.408 e. The van der Waals surface area contributed by atoms with E-state index in [-0.39, 0.29) is 39.8 Å². The number of carbonyl (C=O) groups is 2. The zero-order valence-electron chi connectivity index (χ0n) is 21.5. The molecule has 202 valence electrons. The Labute approximate surface area is 217 Å². The van der Waals surface area contributed by atoms with E-state index >= 15 is 0 Å². The van der Waals surface area contributed by atoms with E-state index in [1.54, 1.807) is 27.7 Å². The largest absolute Gasteiger partial charge is 0.507 e. The minimum atomic E-state index is -1.04. The van der Waals surface area contributed by atoms with Crippen LogP contribution in [-0.4, -0.2) is 33.7 Å². The van der Waals surface area contributed by atoms with E-state index < -0.39 is 39.8 Å². The van der Waals surface area contributed by atoms with Crippen molar-refractivity contribution in [1.82, 2.24) is 5.32 Å². The Morgan fingerprint density at radius 1 is 1.16 bits per heavy atom. The maximum absolute atomic E-state index is 12.9. The summed E-state index contributed by atoms with van der Waals surface area (Å²) in [5, 5.41) is 23.6. The van der Waals surface area contributed by atoms with E-state index in [1.807, 2.05) is 6.92 Å². The van der Waals surface area contributed by atoms with Crippen LogP contribution < -0.4 is 20.2 Å². The van der Waals surface area contributed by atoms with Crippen LogP contribution in [0.3, 0.4) is 0 Å². The van der Waals surface area contributed by atoms with Crippen molar-refractivity contribution in [3.05, 3.63) is 63.0 Å². The molecule has 1 aromatic heterocycles. The van der Waals surface area contributed by atoms with E-state index in [0.29, 0.717) is 6.42 Å². The lowest BCUT2D eigenvalue weighted by Crippen LogP contribution is -2.48. The van der Waals surface area contributed by atoms with Crippen molar-refractivity contribution in [3.63, 3.8) is 0 Å². The quantitative estimate of drug-likeness (QED) is 0.175. The van der Waals surface area contributed by atoms with Crippen LogP contribution in [0.2, 0.25) is 0 Å². The second kappa shape index (κ2) is 11.2. The van der Waals surface area contributed by atoms with Crippen LogP contribution in [0, 0.1) is 16.0 Å². The van der Waals surface area contributed by atoms with Crippen LogP contribution in [0.25, 0.3) is 11.0 Å². The van der Waals surface area contributed by atoms with Gasteiger partial charge < -0.3 is 29.1 Å². The van der Waals surface area contributed by atoms with Gasteiger partial charge in [-0.2, -0.15) is 0 Å². The molecule has 0 aliphatic heterocycles. The monoisotopic (exact) mass is 528 g/mol. The van der Waals surface area contributed by atoms with Crippen LogP contribution in [0.4, 0.5) is 10.5 Å². The molecule has 1 amide bonds. The number of hydrogen-bond donors (Lipinski definition) is 2. The van der Waals surface area contributed by atoms with Gasteiger partial charge >= 0.3 is 12.1 Å². The average molecular weight is 529 g/mol. The fraction of sp³-hybridized carbons (Fsp3) is 0.346. The first-order chi connectivity index (χ1) is 17.8. The summed E-state index contributed by atoms with van der Waals surface area (Å²) in [6.07, 6.45) is 0.765. The number of phenols is 1. The zero-order chi connectivity index (χ0) is 28.2. The summed E-state index contributed by atoms with van der Waals surface area (Å²) in [6, 6.07) is 6.30. The van der Waals surface area contributed by atoms with Crippen LogP contribution in [0.15, 0.2) is 51.9 Å². The van der Waals surface area contributed by atoms with Gasteiger partial charge in [-0.05, 0) is 38.8 Å². The number of aromatic hydroxyl groups is 1. The molecular formula is C26H28N2O10. The molecule has 0 spiro atoms. The molecular weight excluding hydrogens is 500 g/mol. The number of rotatable bonds is 8. The Balaban J connectivity index is 1.84. The number of non-ortho nitro benzene ring substituents is 1. The molecule has 0 saturated heterocycles. The first kappa shape index (κ1) is 28.0. The van der Waals surface area contributed by atoms with Crippen molar-refractivity contribution in [2.75, 3.05) is 0 Å². The number of amides is 1. The minimum absolute atomic E-state index is 0.0889. The molecule has 12 heteroatoms. The van der Waals surface area contributed by atoms with E-state index in [2.05, 4.69) is 5.32 Å². The number of carbonyl (C=O) groups excluding carboxylic acids is 2. The Morgan fingerprint density at radius 2 is 1.82 bits per heavy atom. The van der Waals surface area contributed by atoms with E-state index in [4.69, 9.17) is 18.6 Å². The van der Waals surface area contributed by atoms with Gasteiger partial charge in [-0.15, -0.1) is 0 Å². The number of phenolic OH excluding ortho intramolecular Hbond substituents is 1. The first-order valence-electron chi connectivity index (χ1n) is 11.7. The molecule has 2 N–H and O–H groups in total. The van der Waals surface area contributed by atoms with Crippen LogP contribution in [0.1, 0.15) is 41.0 Å². The molecule has 0 saturated carbocycles. The first-order valence-corrected chi connectivity index (χ1v) is 11.7. The van der Waals surface area contributed by atoms with Crippen LogP contribution in [-0.2, 0) is 9.53 Å². The van der Waals surface area contributed by atoms with E-state index in [0.717, 1.165) is 12.3 Å². The number of alkyl carbamates (subject to hydrolysis) is 1. The molecule has 3 rings (SSSR count). The number of nitrogens with zero attached hydrogens (tertiary/aromatic N) is 1. The third kappa shape index (κ3) is 6.78. The molecule has 0 aliphatic carbocycles. The van der Waals surface area contributed by atoms with Gasteiger partial charge in [0, 0.05) is 24.3 Å². The van der Waals surface area contributed by atoms with Gasteiger partial charge in [-0.1, -0.05) is 20.3 Å². The molecule has 0 aliphatic rings. The highest BCUT2D eigenvalue weighted by atomic mass is 16.6. The number of fused-ring (bicyclic) bond motifs is 1. The molecule has 3 aromatic rings. The Bertz CT molecular complexity index is 1410. The van der Waals surface area contributed by atoms with Crippen molar-refractivity contribution in [1.29, 1.82) is 0 Å². The van der Waals surface area contributed by atoms with Gasteiger partial charge in [-0.3, -0.25) is 14.9 Å². The highest BCUT2D eigenvalue weighted by Crippen LogP contribution is 2.31. The van der Waals surface area contributed by atoms with Crippen molar-refractivity contribution in [2.24, 2.45) is 5.92 Å². The number of hydrogen-bond acceptors (Lipinski definition) is 10. The summed E-state index contributed by atoms with van der Waals surface area (Å²) in [6.45, 7) is 8.67. The van der Waals surface area contributed by atoms with Gasteiger partial charge in [0.05, 0.1) is 4.92 Å². The highest BCUT2D eigenvalue weighted by molar-refractivity contribution is 5.88. The molecule has 0 radical (unpaired) electrons. The normalized spacial score (nSPS) is 12.9. The number of nitrogens with one attached hydrogen (secondary N) is 1. The lowest BCUT2D eigenvalue weighted by Gasteiger charge is -2.25. The number of nitro benzene ring substituents is 1. The topological polar surface area (TPSA) is 167 Å². The second-order valence-corrected chi connectivity index (χ2v) is 9.53. The Morgan fingerprint density at radius 3 is 2.39 bits per heavy atom. The van der Waals surface area contributed by atoms with E-state index in [1.165, 1.54) is 30.3 Å². The molecule has 2 atom stereocenters. The Kier molecular flexibility index (Phi) is 8.24. The number of ether oxygens (including phenoxy) is 3. The van der Waals surface area contributed by atoms with Crippen molar-refractivity contribution >= 4 is 28.7 Å². The third-order valence-electron chi connectivity index (χ3n) is 5.43. The molecule has 0 bridgehead atoms. The lowest BCUT2D eigenvalue weighted by atomic mass is 9.99. The molecule has 0 fully saturated rings. The summed E-state index contributed by atoms with van der Waals surface area (Å²) in [7, 11) is 0. The van der Waals surface area contributed by atoms with Crippen molar-refractivity contribution < 1.29 is 38.2 Å². The predicted octanol–water partition coefficient (Wildman–Crippen LogP) is 5.04. The maximum Gasteiger partial charge on any atom is 0.408 e. The number of nitro groups is 1. The summed E-state index contributed by atoms with van der Waals surface area (Å²) in [4.78, 5) is 48.3. The van der Waals surface area contributed by atoms with E-state index in [9.17, 15) is 29.6 Å². The lowest BCUT2D eigenvalue weighted by molar-refractivity contribution is -0.384. The molecule has 12 nitrogen and oxygen atoms in total. The van der Waals surface area contributed by atoms with Crippen LogP contribution >= 0.6 is 0 Å². The SMILES string of the molecule is CC[C@@H](C)[C@@H](NC(=O)OC(C)(C)C)C(=O)Oc1cc(O)c2c(=O)c(Oc3ccc([N+](=O)[O-])cc3)coc2c1. The molecule has 38 heavy (non-hydrogen) atoms.